The number of nitrogens with one attached hydrogen (secondary N) is 1. The highest BCUT2D eigenvalue weighted by Gasteiger charge is 2.49. The Morgan fingerprint density at radius 1 is 1.09 bits per heavy atom. The Morgan fingerprint density at radius 2 is 1.69 bits per heavy atom. The standard InChI is InChI=1S/C18H27NO2.C6H13NO3S/c1-14(19(3)4)18(21-15(2)20)13-9-8-12-17(18)16-10-6-5-7-11-16;8-11(9,10)7-6-4-2-1-3-5-6/h5-7,10-11,14,17H,8-9,12-13H2,1-4H3;6-7H,1-5H2,(H,8,9,10). The average Bonchev–Trinajstić information content (AvgIpc) is 2.73. The first kappa shape index (κ1) is 26.8. The number of hydrogen-bond acceptors (Lipinski definition) is 5. The van der Waals surface area contributed by atoms with Gasteiger partial charge in [0.2, 0.25) is 0 Å². The maximum absolute atomic E-state index is 11.8. The van der Waals surface area contributed by atoms with E-state index in [9.17, 15) is 13.2 Å². The highest BCUT2D eigenvalue weighted by Crippen LogP contribution is 2.46. The number of rotatable bonds is 6. The van der Waals surface area contributed by atoms with Gasteiger partial charge in [-0.15, -0.1) is 0 Å². The summed E-state index contributed by atoms with van der Waals surface area (Å²) < 4.78 is 37.3. The highest BCUT2D eigenvalue weighted by molar-refractivity contribution is 7.83. The quantitative estimate of drug-likeness (QED) is 0.477. The fourth-order valence-electron chi connectivity index (χ4n) is 5.15. The van der Waals surface area contributed by atoms with Crippen LogP contribution in [0.5, 0.6) is 0 Å². The lowest BCUT2D eigenvalue weighted by Gasteiger charge is -2.49. The molecule has 0 heterocycles. The Morgan fingerprint density at radius 3 is 2.22 bits per heavy atom. The molecule has 0 radical (unpaired) electrons. The van der Waals surface area contributed by atoms with Gasteiger partial charge in [0.25, 0.3) is 0 Å². The Labute approximate surface area is 193 Å². The molecule has 0 aromatic heterocycles. The minimum Gasteiger partial charge on any atom is -0.457 e. The number of likely N-dealkylation sites (N-methyl/N-ethyl adjacent to an activating group) is 1. The molecule has 2 aliphatic carbocycles. The molecule has 3 unspecified atom stereocenters. The van der Waals surface area contributed by atoms with E-state index in [0.717, 1.165) is 44.9 Å². The smallest absolute Gasteiger partial charge is 0.333 e. The summed E-state index contributed by atoms with van der Waals surface area (Å²) in [4.78, 5) is 14.0. The minimum absolute atomic E-state index is 0.0428. The molecular formula is C24H40N2O5S. The second-order valence-corrected chi connectivity index (χ2v) is 10.5. The van der Waals surface area contributed by atoms with Crippen LogP contribution in [0.2, 0.25) is 0 Å². The van der Waals surface area contributed by atoms with E-state index in [2.05, 4.69) is 54.9 Å². The molecule has 2 fully saturated rings. The molecular weight excluding hydrogens is 428 g/mol. The van der Waals surface area contributed by atoms with Gasteiger partial charge in [-0.3, -0.25) is 9.35 Å². The van der Waals surface area contributed by atoms with Crippen molar-refractivity contribution in [3.8, 4) is 0 Å². The molecule has 7 nitrogen and oxygen atoms in total. The predicted octanol–water partition coefficient (Wildman–Crippen LogP) is 4.31. The summed E-state index contributed by atoms with van der Waals surface area (Å²) >= 11 is 0. The topological polar surface area (TPSA) is 95.9 Å². The molecule has 0 aliphatic heterocycles. The number of carbonyl (C=O) groups is 1. The van der Waals surface area contributed by atoms with Crippen molar-refractivity contribution in [1.29, 1.82) is 0 Å². The SMILES string of the molecule is CC(=O)OC1(C(C)N(C)C)CCCCC1c1ccccc1.O=S(=O)(O)NC1CCCCC1. The molecule has 3 atom stereocenters. The number of benzene rings is 1. The van der Waals surface area contributed by atoms with Crippen molar-refractivity contribution >= 4 is 16.3 Å². The second kappa shape index (κ2) is 12.1. The summed E-state index contributed by atoms with van der Waals surface area (Å²) in [7, 11) is 0.150. The summed E-state index contributed by atoms with van der Waals surface area (Å²) in [5.41, 5.74) is 0.863. The van der Waals surface area contributed by atoms with Crippen LogP contribution in [0, 0.1) is 0 Å². The van der Waals surface area contributed by atoms with Gasteiger partial charge >= 0.3 is 16.3 Å². The van der Waals surface area contributed by atoms with Gasteiger partial charge in [-0.05, 0) is 58.7 Å². The Bertz CT molecular complexity index is 809. The van der Waals surface area contributed by atoms with E-state index in [4.69, 9.17) is 9.29 Å². The van der Waals surface area contributed by atoms with Crippen molar-refractivity contribution in [3.05, 3.63) is 35.9 Å². The van der Waals surface area contributed by atoms with E-state index in [1.54, 1.807) is 0 Å². The van der Waals surface area contributed by atoms with Gasteiger partial charge < -0.3 is 9.64 Å². The summed E-state index contributed by atoms with van der Waals surface area (Å²) in [6.45, 7) is 3.70. The van der Waals surface area contributed by atoms with Crippen LogP contribution in [0.15, 0.2) is 30.3 Å². The van der Waals surface area contributed by atoms with Gasteiger partial charge in [-0.25, -0.2) is 0 Å². The summed E-state index contributed by atoms with van der Waals surface area (Å²) in [6, 6.07) is 10.7. The lowest BCUT2D eigenvalue weighted by atomic mass is 9.68. The van der Waals surface area contributed by atoms with Gasteiger partial charge in [-0.2, -0.15) is 13.1 Å². The summed E-state index contributed by atoms with van der Waals surface area (Å²) in [5, 5.41) is 0. The zero-order chi connectivity index (χ0) is 23.8. The molecule has 0 amide bonds. The van der Waals surface area contributed by atoms with E-state index in [1.807, 2.05) is 6.07 Å². The van der Waals surface area contributed by atoms with Crippen LogP contribution in [0.1, 0.15) is 83.1 Å². The molecule has 0 bridgehead atoms. The molecule has 182 valence electrons. The Balaban J connectivity index is 0.000000278. The predicted molar refractivity (Wildman–Crippen MR) is 127 cm³/mol. The number of ether oxygens (including phenoxy) is 1. The van der Waals surface area contributed by atoms with Crippen LogP contribution in [0.25, 0.3) is 0 Å². The normalized spacial score (nSPS) is 25.5. The maximum atomic E-state index is 11.8. The van der Waals surface area contributed by atoms with Gasteiger partial charge in [0.1, 0.15) is 5.60 Å². The molecule has 2 N–H and O–H groups in total. The summed E-state index contributed by atoms with van der Waals surface area (Å²) in [6.07, 6.45) is 9.29. The number of carbonyl (C=O) groups excluding carboxylic acids is 1. The average molecular weight is 469 g/mol. The van der Waals surface area contributed by atoms with Crippen LogP contribution in [-0.2, 0) is 19.8 Å². The molecule has 1 aromatic rings. The van der Waals surface area contributed by atoms with E-state index < -0.39 is 15.9 Å². The number of hydrogen-bond donors (Lipinski definition) is 2. The lowest BCUT2D eigenvalue weighted by Crippen LogP contribution is -2.56. The number of esters is 1. The molecule has 32 heavy (non-hydrogen) atoms. The van der Waals surface area contributed by atoms with Crippen molar-refractivity contribution in [2.75, 3.05) is 14.1 Å². The fraction of sp³-hybridized carbons (Fsp3) is 0.708. The van der Waals surface area contributed by atoms with E-state index >= 15 is 0 Å². The summed E-state index contributed by atoms with van der Waals surface area (Å²) in [5.74, 6) is 0.0975. The van der Waals surface area contributed by atoms with Gasteiger partial charge in [0, 0.05) is 24.9 Å². The van der Waals surface area contributed by atoms with Crippen LogP contribution in [-0.4, -0.2) is 55.6 Å². The monoisotopic (exact) mass is 468 g/mol. The van der Waals surface area contributed by atoms with Crippen molar-refractivity contribution < 1.29 is 22.5 Å². The van der Waals surface area contributed by atoms with Gasteiger partial charge in [0.15, 0.2) is 0 Å². The van der Waals surface area contributed by atoms with Crippen molar-refractivity contribution in [3.63, 3.8) is 0 Å². The van der Waals surface area contributed by atoms with Crippen LogP contribution in [0.4, 0.5) is 0 Å². The van der Waals surface area contributed by atoms with Crippen molar-refractivity contribution in [1.82, 2.24) is 9.62 Å². The largest absolute Gasteiger partial charge is 0.457 e. The molecule has 8 heteroatoms. The molecule has 0 saturated heterocycles. The van der Waals surface area contributed by atoms with E-state index in [0.29, 0.717) is 0 Å². The van der Waals surface area contributed by atoms with Gasteiger partial charge in [-0.1, -0.05) is 56.0 Å². The minimum atomic E-state index is -3.97. The van der Waals surface area contributed by atoms with Crippen LogP contribution in [0.3, 0.4) is 0 Å². The zero-order valence-electron chi connectivity index (χ0n) is 19.9. The maximum Gasteiger partial charge on any atom is 0.333 e. The zero-order valence-corrected chi connectivity index (χ0v) is 20.7. The lowest BCUT2D eigenvalue weighted by molar-refractivity contribution is -0.172. The third-order valence-electron chi connectivity index (χ3n) is 6.84. The Hall–Kier alpha value is -1.48. The molecule has 1 aromatic carbocycles. The Kier molecular flexibility index (Phi) is 10.1. The van der Waals surface area contributed by atoms with E-state index in [1.165, 1.54) is 25.3 Å². The van der Waals surface area contributed by atoms with Crippen molar-refractivity contribution in [2.45, 2.75) is 95.2 Å². The molecule has 2 saturated carbocycles. The first-order chi connectivity index (χ1) is 15.0. The first-order valence-electron chi connectivity index (χ1n) is 11.7. The molecule has 3 rings (SSSR count). The van der Waals surface area contributed by atoms with Crippen LogP contribution >= 0.6 is 0 Å². The second-order valence-electron chi connectivity index (χ2n) is 9.33. The fourth-order valence-corrected chi connectivity index (χ4v) is 5.80. The third kappa shape index (κ3) is 7.83. The third-order valence-corrected chi connectivity index (χ3v) is 7.47. The van der Waals surface area contributed by atoms with Crippen molar-refractivity contribution in [2.24, 2.45) is 0 Å². The van der Waals surface area contributed by atoms with Gasteiger partial charge in [0.05, 0.1) is 0 Å². The van der Waals surface area contributed by atoms with E-state index in [-0.39, 0.29) is 24.0 Å². The van der Waals surface area contributed by atoms with Crippen LogP contribution < -0.4 is 4.72 Å². The molecule has 0 spiro atoms. The highest BCUT2D eigenvalue weighted by atomic mass is 32.2. The number of nitrogens with zero attached hydrogens (tertiary/aromatic N) is 1. The first-order valence-corrected chi connectivity index (χ1v) is 13.1. The molecule has 2 aliphatic rings.